The second-order valence-corrected chi connectivity index (χ2v) is 7.36. The van der Waals surface area contributed by atoms with E-state index in [1.165, 1.54) is 0 Å². The molecule has 1 saturated heterocycles. The summed E-state index contributed by atoms with van der Waals surface area (Å²) in [4.78, 5) is 2.03. The highest BCUT2D eigenvalue weighted by Gasteiger charge is 2.37. The van der Waals surface area contributed by atoms with Crippen LogP contribution < -0.4 is 5.32 Å². The third-order valence-electron chi connectivity index (χ3n) is 3.93. The zero-order chi connectivity index (χ0) is 18.1. The fourth-order valence-electron chi connectivity index (χ4n) is 2.85. The minimum Gasteiger partial charge on any atom is -0.389 e. The Kier molecular flexibility index (Phi) is 5.39. The lowest BCUT2D eigenvalue weighted by Crippen LogP contribution is -2.38. The molecule has 136 valence electrons. The topological polar surface area (TPSA) is 61.3 Å². The Morgan fingerprint density at radius 1 is 1.33 bits per heavy atom. The number of rotatable bonds is 5. The number of nitrogens with zero attached hydrogens (tertiary/aromatic N) is 3. The number of nitrogens with one attached hydrogen (secondary N) is 1. The Bertz CT molecular complexity index is 569. The molecule has 0 radical (unpaired) electrons. The van der Waals surface area contributed by atoms with Gasteiger partial charge < -0.3 is 10.4 Å². The molecule has 24 heavy (non-hydrogen) atoms. The van der Waals surface area contributed by atoms with Crippen molar-refractivity contribution >= 4 is 5.82 Å². The summed E-state index contributed by atoms with van der Waals surface area (Å²) in [5.41, 5.74) is -1.28. The minimum atomic E-state index is -4.48. The molecule has 1 aliphatic rings. The summed E-state index contributed by atoms with van der Waals surface area (Å²) in [6.07, 6.45) is -3.78. The van der Waals surface area contributed by atoms with E-state index in [1.807, 2.05) is 4.90 Å². The first-order valence-corrected chi connectivity index (χ1v) is 8.12. The van der Waals surface area contributed by atoms with Gasteiger partial charge in [0.1, 0.15) is 5.56 Å². The van der Waals surface area contributed by atoms with Crippen LogP contribution in [0.1, 0.15) is 51.3 Å². The van der Waals surface area contributed by atoms with Gasteiger partial charge in [0.25, 0.3) is 0 Å². The van der Waals surface area contributed by atoms with Gasteiger partial charge >= 0.3 is 6.18 Å². The second-order valence-electron chi connectivity index (χ2n) is 7.36. The van der Waals surface area contributed by atoms with Crippen LogP contribution in [0.15, 0.2) is 6.07 Å². The van der Waals surface area contributed by atoms with Crippen molar-refractivity contribution in [1.82, 2.24) is 15.1 Å². The normalized spacial score (nSPS) is 20.0. The number of β-amino-alcohol motifs (C(OH)–C–C–N with tert-alkyl or cyclic N) is 1. The van der Waals surface area contributed by atoms with Gasteiger partial charge in [-0.15, -0.1) is 5.10 Å². The molecule has 5 nitrogen and oxygen atoms in total. The Hall–Kier alpha value is -1.41. The fraction of sp³-hybridized carbons (Fsp3) is 0.750. The minimum absolute atomic E-state index is 0.124. The van der Waals surface area contributed by atoms with Crippen LogP contribution in [0.25, 0.3) is 0 Å². The van der Waals surface area contributed by atoms with Gasteiger partial charge in [0.05, 0.1) is 11.3 Å². The molecule has 0 aromatic carbocycles. The molecule has 0 aliphatic carbocycles. The van der Waals surface area contributed by atoms with Crippen LogP contribution in [0.3, 0.4) is 0 Å². The van der Waals surface area contributed by atoms with Crippen LogP contribution in [-0.2, 0) is 6.18 Å². The monoisotopic (exact) mass is 346 g/mol. The van der Waals surface area contributed by atoms with Crippen LogP contribution >= 0.6 is 0 Å². The SMILES string of the molecule is CC(C)c1cc(C(F)(F)F)c(N[C@@H]2CCN(CC(C)(C)O)C2)nn1. The maximum absolute atomic E-state index is 13.3. The molecule has 1 aromatic rings. The highest BCUT2D eigenvalue weighted by molar-refractivity contribution is 5.47. The molecule has 0 saturated carbocycles. The molecule has 2 N–H and O–H groups in total. The Balaban J connectivity index is 2.13. The molecule has 1 aromatic heterocycles. The van der Waals surface area contributed by atoms with Crippen molar-refractivity contribution in [3.63, 3.8) is 0 Å². The van der Waals surface area contributed by atoms with Gasteiger partial charge in [-0.1, -0.05) is 13.8 Å². The van der Waals surface area contributed by atoms with Crippen molar-refractivity contribution in [2.75, 3.05) is 25.0 Å². The first-order chi connectivity index (χ1) is 11.0. The van der Waals surface area contributed by atoms with Crippen LogP contribution in [0, 0.1) is 0 Å². The van der Waals surface area contributed by atoms with Gasteiger partial charge in [0, 0.05) is 25.7 Å². The number of alkyl halides is 3. The third-order valence-corrected chi connectivity index (χ3v) is 3.93. The highest BCUT2D eigenvalue weighted by atomic mass is 19.4. The molecule has 0 bridgehead atoms. The summed E-state index contributed by atoms with van der Waals surface area (Å²) in [5.74, 6) is -0.344. The first kappa shape index (κ1) is 18.9. The van der Waals surface area contributed by atoms with Crippen LogP contribution in [-0.4, -0.2) is 51.5 Å². The molecule has 0 amide bonds. The molecule has 8 heteroatoms. The van der Waals surface area contributed by atoms with Crippen LogP contribution in [0.4, 0.5) is 19.0 Å². The second kappa shape index (κ2) is 6.84. The van der Waals surface area contributed by atoms with Gasteiger partial charge in [-0.25, -0.2) is 0 Å². The van der Waals surface area contributed by atoms with Crippen LogP contribution in [0.5, 0.6) is 0 Å². The molecule has 0 spiro atoms. The molecule has 2 rings (SSSR count). The van der Waals surface area contributed by atoms with Crippen molar-refractivity contribution in [2.45, 2.75) is 57.9 Å². The van der Waals surface area contributed by atoms with Gasteiger partial charge in [-0.05, 0) is 32.3 Å². The Morgan fingerprint density at radius 2 is 2.00 bits per heavy atom. The summed E-state index contributed by atoms with van der Waals surface area (Å²) in [6, 6.07) is 0.927. The van der Waals surface area contributed by atoms with E-state index in [-0.39, 0.29) is 17.8 Å². The van der Waals surface area contributed by atoms with E-state index in [0.717, 1.165) is 12.6 Å². The summed E-state index contributed by atoms with van der Waals surface area (Å²) < 4.78 is 39.9. The third kappa shape index (κ3) is 5.04. The van der Waals surface area contributed by atoms with Crippen molar-refractivity contribution < 1.29 is 18.3 Å². The van der Waals surface area contributed by atoms with Crippen LogP contribution in [0.2, 0.25) is 0 Å². The lowest BCUT2D eigenvalue weighted by atomic mass is 10.1. The summed E-state index contributed by atoms with van der Waals surface area (Å²) in [6.45, 7) is 8.76. The van der Waals surface area contributed by atoms with E-state index in [2.05, 4.69) is 15.5 Å². The van der Waals surface area contributed by atoms with Crippen molar-refractivity contribution in [3.8, 4) is 0 Å². The largest absolute Gasteiger partial charge is 0.420 e. The van der Waals surface area contributed by atoms with Gasteiger partial charge in [-0.3, -0.25) is 4.90 Å². The number of hydrogen-bond donors (Lipinski definition) is 2. The Labute approximate surface area is 140 Å². The van der Waals surface area contributed by atoms with Crippen molar-refractivity contribution in [1.29, 1.82) is 0 Å². The van der Waals surface area contributed by atoms with E-state index >= 15 is 0 Å². The predicted molar refractivity (Wildman–Crippen MR) is 85.9 cm³/mol. The maximum atomic E-state index is 13.3. The van der Waals surface area contributed by atoms with Gasteiger partial charge in [0.2, 0.25) is 0 Å². The molecular weight excluding hydrogens is 321 g/mol. The zero-order valence-corrected chi connectivity index (χ0v) is 14.5. The van der Waals surface area contributed by atoms with E-state index < -0.39 is 17.3 Å². The quantitative estimate of drug-likeness (QED) is 0.858. The number of halogens is 3. The number of aromatic nitrogens is 2. The highest BCUT2D eigenvalue weighted by Crippen LogP contribution is 2.35. The van der Waals surface area contributed by atoms with Crippen molar-refractivity contribution in [2.24, 2.45) is 0 Å². The molecule has 1 atom stereocenters. The number of likely N-dealkylation sites (tertiary alicyclic amines) is 1. The first-order valence-electron chi connectivity index (χ1n) is 8.12. The molecular formula is C16H25F3N4O. The lowest BCUT2D eigenvalue weighted by Gasteiger charge is -2.25. The zero-order valence-electron chi connectivity index (χ0n) is 14.5. The number of anilines is 1. The molecule has 2 heterocycles. The lowest BCUT2D eigenvalue weighted by molar-refractivity contribution is -0.137. The average molecular weight is 346 g/mol. The van der Waals surface area contributed by atoms with E-state index in [1.54, 1.807) is 27.7 Å². The predicted octanol–water partition coefficient (Wildman–Crippen LogP) is 2.88. The summed E-state index contributed by atoms with van der Waals surface area (Å²) in [5, 5.41) is 20.4. The van der Waals surface area contributed by atoms with E-state index in [9.17, 15) is 18.3 Å². The van der Waals surface area contributed by atoms with Gasteiger partial charge in [-0.2, -0.15) is 18.3 Å². The number of aliphatic hydroxyl groups is 1. The maximum Gasteiger partial charge on any atom is 0.420 e. The Morgan fingerprint density at radius 3 is 2.54 bits per heavy atom. The average Bonchev–Trinajstić information content (AvgIpc) is 2.82. The molecule has 0 unspecified atom stereocenters. The smallest absolute Gasteiger partial charge is 0.389 e. The molecule has 1 fully saturated rings. The summed E-state index contributed by atoms with van der Waals surface area (Å²) >= 11 is 0. The van der Waals surface area contributed by atoms with E-state index in [0.29, 0.717) is 25.2 Å². The molecule has 1 aliphatic heterocycles. The summed E-state index contributed by atoms with van der Waals surface area (Å²) in [7, 11) is 0. The fourth-order valence-corrected chi connectivity index (χ4v) is 2.85. The standard InChI is InChI=1S/C16H25F3N4O/c1-10(2)13-7-12(16(17,18)19)14(22-21-13)20-11-5-6-23(8-11)9-15(3,4)24/h7,10-11,24H,5-6,8-9H2,1-4H3,(H,20,22)/t11-/m1/s1. The van der Waals surface area contributed by atoms with Crippen molar-refractivity contribution in [3.05, 3.63) is 17.3 Å². The van der Waals surface area contributed by atoms with E-state index in [4.69, 9.17) is 0 Å². The number of hydrogen-bond acceptors (Lipinski definition) is 5. The van der Waals surface area contributed by atoms with Gasteiger partial charge in [0.15, 0.2) is 5.82 Å².